The van der Waals surface area contributed by atoms with Crippen LogP contribution < -0.4 is 5.32 Å². The summed E-state index contributed by atoms with van der Waals surface area (Å²) in [6.07, 6.45) is -2.64. The maximum Gasteiger partial charge on any atom is 0.324 e. The lowest BCUT2D eigenvalue weighted by molar-refractivity contribution is -0.160. The van der Waals surface area contributed by atoms with Crippen LogP contribution in [0.3, 0.4) is 0 Å². The molecule has 100 valence electrons. The first-order valence-corrected chi connectivity index (χ1v) is 5.56. The smallest absolute Gasteiger partial charge is 0.324 e. The molecule has 1 fully saturated rings. The lowest BCUT2D eigenvalue weighted by Gasteiger charge is -2.34. The predicted octanol–water partition coefficient (Wildman–Crippen LogP) is 1.49. The molecule has 0 aromatic carbocycles. The Kier molecular flexibility index (Phi) is 4.73. The summed E-state index contributed by atoms with van der Waals surface area (Å²) < 4.78 is 49.8. The molecule has 0 spiro atoms. The lowest BCUT2D eigenvalue weighted by Crippen LogP contribution is -2.54. The van der Waals surface area contributed by atoms with Gasteiger partial charge in [0, 0.05) is 6.54 Å². The third-order valence-electron chi connectivity index (χ3n) is 2.70. The van der Waals surface area contributed by atoms with Crippen LogP contribution in [0.25, 0.3) is 0 Å². The van der Waals surface area contributed by atoms with Gasteiger partial charge in [-0.05, 0) is 19.4 Å². The Morgan fingerprint density at radius 2 is 2.18 bits per heavy atom. The molecule has 1 aliphatic heterocycles. The van der Waals surface area contributed by atoms with Crippen LogP contribution in [-0.2, 0) is 4.79 Å². The molecule has 0 radical (unpaired) electrons. The first-order valence-electron chi connectivity index (χ1n) is 5.56. The Morgan fingerprint density at radius 1 is 1.53 bits per heavy atom. The van der Waals surface area contributed by atoms with Gasteiger partial charge in [-0.1, -0.05) is 6.92 Å². The summed E-state index contributed by atoms with van der Waals surface area (Å²) in [4.78, 5) is 12.5. The van der Waals surface area contributed by atoms with Gasteiger partial charge in [-0.25, -0.2) is 8.78 Å². The van der Waals surface area contributed by atoms with Crippen molar-refractivity contribution in [3.05, 3.63) is 0 Å². The van der Waals surface area contributed by atoms with E-state index in [1.54, 1.807) is 6.92 Å². The summed E-state index contributed by atoms with van der Waals surface area (Å²) in [7, 11) is 0. The van der Waals surface area contributed by atoms with Crippen LogP contribution in [0.4, 0.5) is 17.6 Å². The lowest BCUT2D eigenvalue weighted by atomic mass is 10.0. The van der Waals surface area contributed by atoms with Gasteiger partial charge in [-0.15, -0.1) is 0 Å². The van der Waals surface area contributed by atoms with Gasteiger partial charge in [0.25, 0.3) is 0 Å². The predicted molar refractivity (Wildman–Crippen MR) is 54.2 cm³/mol. The molecule has 1 heterocycles. The number of hydrogen-bond donors (Lipinski definition) is 1. The number of rotatable bonds is 5. The zero-order valence-electron chi connectivity index (χ0n) is 9.56. The number of alkyl halides is 4. The van der Waals surface area contributed by atoms with Crippen molar-refractivity contribution in [1.29, 1.82) is 0 Å². The average Bonchev–Trinajstić information content (AvgIpc) is 2.24. The molecule has 0 aromatic rings. The van der Waals surface area contributed by atoms with E-state index < -0.39 is 30.8 Å². The van der Waals surface area contributed by atoms with Gasteiger partial charge in [0.05, 0.1) is 12.6 Å². The van der Waals surface area contributed by atoms with Crippen molar-refractivity contribution >= 4 is 5.91 Å². The topological polar surface area (TPSA) is 32.3 Å². The largest absolute Gasteiger partial charge is 0.335 e. The summed E-state index contributed by atoms with van der Waals surface area (Å²) >= 11 is 0. The summed E-state index contributed by atoms with van der Waals surface area (Å²) in [5.41, 5.74) is 0. The van der Waals surface area contributed by atoms with Crippen LogP contribution in [0, 0.1) is 0 Å². The Balaban J connectivity index is 2.62. The minimum absolute atomic E-state index is 0.114. The molecule has 3 nitrogen and oxygen atoms in total. The molecule has 1 amide bonds. The highest BCUT2D eigenvalue weighted by Crippen LogP contribution is 2.25. The highest BCUT2D eigenvalue weighted by atomic mass is 19.3. The van der Waals surface area contributed by atoms with Crippen LogP contribution in [0.1, 0.15) is 19.8 Å². The van der Waals surface area contributed by atoms with Crippen molar-refractivity contribution in [2.45, 2.75) is 38.2 Å². The molecule has 0 saturated carbocycles. The maximum absolute atomic E-state index is 12.9. The molecule has 1 unspecified atom stereocenters. The van der Waals surface area contributed by atoms with Crippen molar-refractivity contribution in [3.63, 3.8) is 0 Å². The van der Waals surface area contributed by atoms with Crippen LogP contribution in [0.5, 0.6) is 0 Å². The number of likely N-dealkylation sites (tertiary alicyclic amines) is 1. The van der Waals surface area contributed by atoms with Crippen LogP contribution >= 0.6 is 0 Å². The van der Waals surface area contributed by atoms with E-state index in [0.717, 1.165) is 4.90 Å². The number of nitrogens with zero attached hydrogens (tertiary/aromatic N) is 1. The molecule has 17 heavy (non-hydrogen) atoms. The monoisotopic (exact) mass is 256 g/mol. The second-order valence-electron chi connectivity index (χ2n) is 4.07. The van der Waals surface area contributed by atoms with Crippen molar-refractivity contribution in [2.75, 3.05) is 19.6 Å². The Morgan fingerprint density at radius 3 is 2.71 bits per heavy atom. The van der Waals surface area contributed by atoms with Gasteiger partial charge in [0.1, 0.15) is 0 Å². The number of hydrogen-bond acceptors (Lipinski definition) is 2. The number of likely N-dealkylation sites (N-methyl/N-ethyl adjacent to an activating group) is 1. The maximum atomic E-state index is 12.9. The van der Waals surface area contributed by atoms with E-state index in [2.05, 4.69) is 5.32 Å². The standard InChI is InChI=1S/C10H16F4N2O/c1-2-15-7-4-3-5-16(8(7)17)6-10(13,14)9(11)12/h7,9,15H,2-6H2,1H3. The quantitative estimate of drug-likeness (QED) is 0.756. The fourth-order valence-corrected chi connectivity index (χ4v) is 1.86. The van der Waals surface area contributed by atoms with E-state index in [-0.39, 0.29) is 6.54 Å². The van der Waals surface area contributed by atoms with Gasteiger partial charge < -0.3 is 10.2 Å². The van der Waals surface area contributed by atoms with Gasteiger partial charge in [0.2, 0.25) is 5.91 Å². The molecular formula is C10H16F4N2O. The summed E-state index contributed by atoms with van der Waals surface area (Å²) in [5.74, 6) is -4.65. The first kappa shape index (κ1) is 14.2. The van der Waals surface area contributed by atoms with Gasteiger partial charge in [-0.3, -0.25) is 4.79 Å². The molecule has 0 aliphatic carbocycles. The SMILES string of the molecule is CCNC1CCCN(CC(F)(F)C(F)F)C1=O. The third-order valence-corrected chi connectivity index (χ3v) is 2.70. The molecule has 0 bridgehead atoms. The van der Waals surface area contributed by atoms with Crippen LogP contribution in [0.15, 0.2) is 0 Å². The second-order valence-corrected chi connectivity index (χ2v) is 4.07. The highest BCUT2D eigenvalue weighted by molar-refractivity contribution is 5.82. The van der Waals surface area contributed by atoms with Crippen molar-refractivity contribution in [3.8, 4) is 0 Å². The van der Waals surface area contributed by atoms with E-state index in [0.29, 0.717) is 19.4 Å². The molecule has 1 aliphatic rings. The van der Waals surface area contributed by atoms with Crippen LogP contribution in [-0.4, -0.2) is 48.8 Å². The van der Waals surface area contributed by atoms with E-state index in [1.807, 2.05) is 0 Å². The van der Waals surface area contributed by atoms with E-state index >= 15 is 0 Å². The fourth-order valence-electron chi connectivity index (χ4n) is 1.86. The number of carbonyl (C=O) groups excluding carboxylic acids is 1. The third kappa shape index (κ3) is 3.55. The molecule has 0 aromatic heterocycles. The molecule has 1 N–H and O–H groups in total. The molecule has 1 saturated heterocycles. The van der Waals surface area contributed by atoms with Gasteiger partial charge in [-0.2, -0.15) is 8.78 Å². The molecule has 7 heteroatoms. The zero-order chi connectivity index (χ0) is 13.1. The summed E-state index contributed by atoms with van der Waals surface area (Å²) in [6, 6.07) is -0.526. The minimum atomic E-state index is -4.14. The number of carbonyl (C=O) groups is 1. The Bertz CT molecular complexity index is 271. The second kappa shape index (κ2) is 5.66. The highest BCUT2D eigenvalue weighted by Gasteiger charge is 2.44. The number of halogens is 4. The van der Waals surface area contributed by atoms with E-state index in [1.165, 1.54) is 0 Å². The van der Waals surface area contributed by atoms with E-state index in [4.69, 9.17) is 0 Å². The normalized spacial score (nSPS) is 22.4. The number of nitrogens with one attached hydrogen (secondary N) is 1. The fraction of sp³-hybridized carbons (Fsp3) is 0.900. The van der Waals surface area contributed by atoms with Gasteiger partial charge >= 0.3 is 12.3 Å². The minimum Gasteiger partial charge on any atom is -0.335 e. The molecule has 1 rings (SSSR count). The van der Waals surface area contributed by atoms with Gasteiger partial charge in [0.15, 0.2) is 0 Å². The summed E-state index contributed by atoms with van der Waals surface area (Å²) in [6.45, 7) is 1.24. The van der Waals surface area contributed by atoms with Crippen molar-refractivity contribution in [1.82, 2.24) is 10.2 Å². The first-order chi connectivity index (χ1) is 7.88. The van der Waals surface area contributed by atoms with Crippen molar-refractivity contribution < 1.29 is 22.4 Å². The average molecular weight is 256 g/mol. The number of amides is 1. The van der Waals surface area contributed by atoms with E-state index in [9.17, 15) is 22.4 Å². The zero-order valence-corrected chi connectivity index (χ0v) is 9.56. The molecular weight excluding hydrogens is 240 g/mol. The number of piperidine rings is 1. The summed E-state index contributed by atoms with van der Waals surface area (Å²) in [5, 5.41) is 2.86. The Labute approximate surface area is 97.2 Å². The Hall–Kier alpha value is -0.850. The molecule has 1 atom stereocenters. The van der Waals surface area contributed by atoms with Crippen LogP contribution in [0.2, 0.25) is 0 Å². The van der Waals surface area contributed by atoms with Crippen molar-refractivity contribution in [2.24, 2.45) is 0 Å².